The first-order valence-corrected chi connectivity index (χ1v) is 11.6. The van der Waals surface area contributed by atoms with Crippen LogP contribution in [0.15, 0.2) is 109 Å². The molecule has 0 amide bonds. The van der Waals surface area contributed by atoms with Crippen molar-refractivity contribution in [1.82, 2.24) is 9.55 Å². The Hall–Kier alpha value is -3.95. The molecule has 0 N–H and O–H groups in total. The molecule has 0 radical (unpaired) electrons. The fourth-order valence-electron chi connectivity index (χ4n) is 4.83. The van der Waals surface area contributed by atoms with Crippen LogP contribution in [0.2, 0.25) is 0 Å². The Bertz CT molecular complexity index is 1760. The van der Waals surface area contributed by atoms with Crippen LogP contribution in [0, 0.1) is 0 Å². The maximum atomic E-state index is 4.77. The Kier molecular flexibility index (Phi) is 3.75. The van der Waals surface area contributed by atoms with Crippen molar-refractivity contribution in [3.63, 3.8) is 0 Å². The molecule has 0 saturated heterocycles. The van der Waals surface area contributed by atoms with Gasteiger partial charge in [-0.2, -0.15) is 0 Å². The number of pyridine rings is 1. The summed E-state index contributed by atoms with van der Waals surface area (Å²) >= 11 is 1.86. The van der Waals surface area contributed by atoms with Crippen LogP contribution in [0.3, 0.4) is 0 Å². The molecule has 2 nitrogen and oxygen atoms in total. The van der Waals surface area contributed by atoms with E-state index in [1.807, 2.05) is 23.6 Å². The lowest BCUT2D eigenvalue weighted by molar-refractivity contribution is 1.18. The Morgan fingerprint density at radius 2 is 1.38 bits per heavy atom. The third-order valence-corrected chi connectivity index (χ3v) is 7.39. The van der Waals surface area contributed by atoms with E-state index in [1.54, 1.807) is 0 Å². The lowest BCUT2D eigenvalue weighted by atomic mass is 10.1. The first kappa shape index (κ1) is 17.7. The smallest absolute Gasteiger partial charge is 0.0963 e. The summed E-state index contributed by atoms with van der Waals surface area (Å²) in [5.41, 5.74) is 7.03. The number of hydrogen-bond donors (Lipinski definition) is 0. The summed E-state index contributed by atoms with van der Waals surface area (Å²) in [6, 6.07) is 36.8. The Labute approximate surface area is 189 Å². The van der Waals surface area contributed by atoms with Crippen molar-refractivity contribution < 1.29 is 0 Å². The summed E-state index contributed by atoms with van der Waals surface area (Å²) in [7, 11) is 0. The van der Waals surface area contributed by atoms with Crippen LogP contribution in [0.25, 0.3) is 58.9 Å². The minimum atomic E-state index is 1.05. The number of nitrogens with zero attached hydrogens (tertiary/aromatic N) is 2. The second-order valence-electron chi connectivity index (χ2n) is 8.05. The number of fused-ring (bicyclic) bond motifs is 7. The molecule has 4 aromatic carbocycles. The van der Waals surface area contributed by atoms with Gasteiger partial charge >= 0.3 is 0 Å². The molecule has 7 aromatic rings. The van der Waals surface area contributed by atoms with Gasteiger partial charge in [0.05, 0.1) is 16.6 Å². The average molecular weight is 427 g/mol. The van der Waals surface area contributed by atoms with Gasteiger partial charge in [-0.3, -0.25) is 4.98 Å². The van der Waals surface area contributed by atoms with Crippen molar-refractivity contribution >= 4 is 53.4 Å². The SMILES string of the molecule is c1ccc(-c2ccc(-n3c4cccnc4c4ccc5sc6ccccc6c5c43)cc2)cc1. The Morgan fingerprint density at radius 1 is 0.594 bits per heavy atom. The highest BCUT2D eigenvalue weighted by Gasteiger charge is 2.18. The number of benzene rings is 4. The molecule has 0 bridgehead atoms. The lowest BCUT2D eigenvalue weighted by Gasteiger charge is -2.10. The van der Waals surface area contributed by atoms with Crippen LogP contribution in [0.4, 0.5) is 0 Å². The van der Waals surface area contributed by atoms with Crippen LogP contribution < -0.4 is 0 Å². The maximum Gasteiger partial charge on any atom is 0.0963 e. The largest absolute Gasteiger partial charge is 0.307 e. The molecule has 150 valence electrons. The molecular formula is C29H18N2S. The number of rotatable bonds is 2. The lowest BCUT2D eigenvalue weighted by Crippen LogP contribution is -1.94. The van der Waals surface area contributed by atoms with Crippen LogP contribution in [-0.2, 0) is 0 Å². The van der Waals surface area contributed by atoms with Gasteiger partial charge in [-0.25, -0.2) is 0 Å². The molecule has 0 aliphatic rings. The summed E-state index contributed by atoms with van der Waals surface area (Å²) in [6.45, 7) is 0. The average Bonchev–Trinajstić information content (AvgIpc) is 3.40. The van der Waals surface area contributed by atoms with Crippen molar-refractivity contribution in [2.24, 2.45) is 0 Å². The standard InChI is InChI=1S/C29H18N2S/c1-2-7-19(8-3-1)20-12-14-21(15-13-20)31-24-10-6-18-30-28(24)23-16-17-26-27(29(23)31)22-9-4-5-11-25(22)32-26/h1-18H. The highest BCUT2D eigenvalue weighted by molar-refractivity contribution is 7.26. The molecule has 0 spiro atoms. The second-order valence-corrected chi connectivity index (χ2v) is 9.14. The monoisotopic (exact) mass is 426 g/mol. The Morgan fingerprint density at radius 3 is 2.25 bits per heavy atom. The van der Waals surface area contributed by atoms with E-state index in [9.17, 15) is 0 Å². The van der Waals surface area contributed by atoms with E-state index >= 15 is 0 Å². The molecule has 0 unspecified atom stereocenters. The maximum absolute atomic E-state index is 4.77. The van der Waals surface area contributed by atoms with Crippen molar-refractivity contribution in [2.75, 3.05) is 0 Å². The molecule has 32 heavy (non-hydrogen) atoms. The highest BCUT2D eigenvalue weighted by Crippen LogP contribution is 2.42. The number of aromatic nitrogens is 2. The predicted molar refractivity (Wildman–Crippen MR) is 137 cm³/mol. The summed E-state index contributed by atoms with van der Waals surface area (Å²) in [5, 5.41) is 3.82. The van der Waals surface area contributed by atoms with E-state index < -0.39 is 0 Å². The number of hydrogen-bond acceptors (Lipinski definition) is 2. The zero-order valence-electron chi connectivity index (χ0n) is 17.2. The van der Waals surface area contributed by atoms with E-state index in [4.69, 9.17) is 4.98 Å². The predicted octanol–water partition coefficient (Wildman–Crippen LogP) is 8.21. The van der Waals surface area contributed by atoms with Crippen LogP contribution in [-0.4, -0.2) is 9.55 Å². The normalized spacial score (nSPS) is 11.8. The van der Waals surface area contributed by atoms with E-state index in [0.717, 1.165) is 16.7 Å². The zero-order valence-corrected chi connectivity index (χ0v) is 18.0. The fraction of sp³-hybridized carbons (Fsp3) is 0. The first-order valence-electron chi connectivity index (χ1n) is 10.7. The molecule has 0 atom stereocenters. The summed E-state index contributed by atoms with van der Waals surface area (Å²) < 4.78 is 5.01. The molecule has 0 aliphatic carbocycles. The Balaban J connectivity index is 1.59. The van der Waals surface area contributed by atoms with E-state index in [2.05, 4.69) is 102 Å². The summed E-state index contributed by atoms with van der Waals surface area (Å²) in [4.78, 5) is 4.77. The molecule has 0 saturated carbocycles. The van der Waals surface area contributed by atoms with Gasteiger partial charge in [0.25, 0.3) is 0 Å². The van der Waals surface area contributed by atoms with Crippen molar-refractivity contribution in [2.45, 2.75) is 0 Å². The van der Waals surface area contributed by atoms with Crippen LogP contribution in [0.5, 0.6) is 0 Å². The molecule has 7 rings (SSSR count). The van der Waals surface area contributed by atoms with Gasteiger partial charge in [0.15, 0.2) is 0 Å². The molecule has 0 fully saturated rings. The first-order chi connectivity index (χ1) is 15.9. The van der Waals surface area contributed by atoms with Crippen molar-refractivity contribution in [3.05, 3.63) is 109 Å². The van der Waals surface area contributed by atoms with E-state index in [-0.39, 0.29) is 0 Å². The van der Waals surface area contributed by atoms with Gasteiger partial charge in [0.1, 0.15) is 0 Å². The van der Waals surface area contributed by atoms with Crippen molar-refractivity contribution in [1.29, 1.82) is 0 Å². The summed E-state index contributed by atoms with van der Waals surface area (Å²) in [5.74, 6) is 0. The van der Waals surface area contributed by atoms with Crippen LogP contribution >= 0.6 is 11.3 Å². The third-order valence-electron chi connectivity index (χ3n) is 6.25. The second kappa shape index (κ2) is 6.78. The van der Waals surface area contributed by atoms with Crippen molar-refractivity contribution in [3.8, 4) is 16.8 Å². The third kappa shape index (κ3) is 2.49. The minimum Gasteiger partial charge on any atom is -0.307 e. The highest BCUT2D eigenvalue weighted by atomic mass is 32.1. The minimum absolute atomic E-state index is 1.05. The quantitative estimate of drug-likeness (QED) is 0.272. The van der Waals surface area contributed by atoms with Gasteiger partial charge in [-0.15, -0.1) is 11.3 Å². The van der Waals surface area contributed by atoms with Gasteiger partial charge in [-0.05, 0) is 53.6 Å². The fourth-order valence-corrected chi connectivity index (χ4v) is 5.94. The van der Waals surface area contributed by atoms with Gasteiger partial charge in [0.2, 0.25) is 0 Å². The zero-order chi connectivity index (χ0) is 21.1. The molecule has 3 heterocycles. The topological polar surface area (TPSA) is 17.8 Å². The molecular weight excluding hydrogens is 408 g/mol. The van der Waals surface area contributed by atoms with Gasteiger partial charge in [0, 0.05) is 37.4 Å². The molecule has 0 aliphatic heterocycles. The number of thiophene rings is 1. The van der Waals surface area contributed by atoms with E-state index in [1.165, 1.54) is 42.2 Å². The van der Waals surface area contributed by atoms with Crippen LogP contribution in [0.1, 0.15) is 0 Å². The molecule has 3 aromatic heterocycles. The van der Waals surface area contributed by atoms with Gasteiger partial charge in [-0.1, -0.05) is 60.7 Å². The summed E-state index contributed by atoms with van der Waals surface area (Å²) in [6.07, 6.45) is 1.89. The van der Waals surface area contributed by atoms with E-state index in [0.29, 0.717) is 0 Å². The van der Waals surface area contributed by atoms with Gasteiger partial charge < -0.3 is 4.57 Å². The molecule has 3 heteroatoms.